The molecule has 1 atom stereocenters. The molecule has 0 aromatic rings. The molecule has 0 aromatic carbocycles. The standard InChI is InChI=1S/C20H34NO6P/c1-15(2)8-5-9-16(3)10-6-11-17(4)12-7-13-21-19(22)18(20(23)24)14-28(25,26)27/h8,10,12,18H,5-7,9,11,13-14H2,1-4H3,(H,21,22)(H,23,24)(H2,25,26,27)/b16-10+,17-12+. The van der Waals surface area contributed by atoms with Crippen LogP contribution in [0.3, 0.4) is 0 Å². The summed E-state index contributed by atoms with van der Waals surface area (Å²) >= 11 is 0. The number of hydrogen-bond donors (Lipinski definition) is 4. The summed E-state index contributed by atoms with van der Waals surface area (Å²) in [5.41, 5.74) is 3.87. The molecule has 28 heavy (non-hydrogen) atoms. The average molecular weight is 415 g/mol. The second-order valence-electron chi connectivity index (χ2n) is 7.28. The summed E-state index contributed by atoms with van der Waals surface area (Å²) in [6.45, 7) is 8.54. The van der Waals surface area contributed by atoms with Gasteiger partial charge in [0, 0.05) is 6.54 Å². The van der Waals surface area contributed by atoms with Gasteiger partial charge in [-0.15, -0.1) is 0 Å². The number of aliphatic carboxylic acids is 1. The number of allylic oxidation sites excluding steroid dienone is 5. The van der Waals surface area contributed by atoms with E-state index in [1.165, 1.54) is 16.7 Å². The summed E-state index contributed by atoms with van der Waals surface area (Å²) in [5.74, 6) is -4.17. The molecule has 0 spiro atoms. The van der Waals surface area contributed by atoms with Crippen molar-refractivity contribution in [1.82, 2.24) is 5.32 Å². The van der Waals surface area contributed by atoms with Crippen LogP contribution in [0.4, 0.5) is 0 Å². The van der Waals surface area contributed by atoms with Gasteiger partial charge >= 0.3 is 13.6 Å². The van der Waals surface area contributed by atoms with E-state index in [4.69, 9.17) is 14.9 Å². The third-order valence-electron chi connectivity index (χ3n) is 4.09. The lowest BCUT2D eigenvalue weighted by molar-refractivity contribution is -0.146. The number of amides is 1. The summed E-state index contributed by atoms with van der Waals surface area (Å²) in [6, 6.07) is 0. The zero-order valence-corrected chi connectivity index (χ0v) is 18.2. The molecular weight excluding hydrogens is 381 g/mol. The molecule has 1 unspecified atom stereocenters. The van der Waals surface area contributed by atoms with Crippen LogP contribution in [-0.4, -0.2) is 39.5 Å². The third kappa shape index (κ3) is 14.4. The molecule has 0 rings (SSSR count). The number of rotatable bonds is 13. The van der Waals surface area contributed by atoms with Gasteiger partial charge < -0.3 is 20.2 Å². The van der Waals surface area contributed by atoms with E-state index in [-0.39, 0.29) is 6.54 Å². The smallest absolute Gasteiger partial charge is 0.326 e. The molecule has 8 heteroatoms. The first-order chi connectivity index (χ1) is 12.9. The van der Waals surface area contributed by atoms with Crippen LogP contribution >= 0.6 is 7.60 Å². The summed E-state index contributed by atoms with van der Waals surface area (Å²) < 4.78 is 10.9. The molecule has 0 radical (unpaired) electrons. The van der Waals surface area contributed by atoms with Gasteiger partial charge in [0.1, 0.15) is 5.92 Å². The van der Waals surface area contributed by atoms with Crippen molar-refractivity contribution in [2.75, 3.05) is 12.7 Å². The number of hydrogen-bond acceptors (Lipinski definition) is 3. The fourth-order valence-electron chi connectivity index (χ4n) is 2.49. The lowest BCUT2D eigenvalue weighted by Gasteiger charge is -2.13. The van der Waals surface area contributed by atoms with Gasteiger partial charge in [-0.1, -0.05) is 34.9 Å². The van der Waals surface area contributed by atoms with Crippen molar-refractivity contribution in [2.24, 2.45) is 5.92 Å². The van der Waals surface area contributed by atoms with Crippen molar-refractivity contribution in [3.8, 4) is 0 Å². The number of carbonyl (C=O) groups excluding carboxylic acids is 1. The number of carbonyl (C=O) groups is 2. The molecule has 160 valence electrons. The van der Waals surface area contributed by atoms with Crippen LogP contribution in [0.25, 0.3) is 0 Å². The third-order valence-corrected chi connectivity index (χ3v) is 4.93. The van der Waals surface area contributed by atoms with Gasteiger partial charge in [-0.25, -0.2) is 0 Å². The molecule has 0 fully saturated rings. The molecule has 1 amide bonds. The van der Waals surface area contributed by atoms with E-state index in [2.05, 4.69) is 38.2 Å². The van der Waals surface area contributed by atoms with Gasteiger partial charge in [0.15, 0.2) is 0 Å². The minimum Gasteiger partial charge on any atom is -0.481 e. The molecule has 0 bridgehead atoms. The fraction of sp³-hybridized carbons (Fsp3) is 0.600. The largest absolute Gasteiger partial charge is 0.481 e. The van der Waals surface area contributed by atoms with Gasteiger partial charge in [-0.05, 0) is 59.8 Å². The summed E-state index contributed by atoms with van der Waals surface area (Å²) in [5, 5.41) is 11.4. The van der Waals surface area contributed by atoms with Crippen molar-refractivity contribution < 1.29 is 29.0 Å². The van der Waals surface area contributed by atoms with Crippen molar-refractivity contribution in [2.45, 2.75) is 59.8 Å². The summed E-state index contributed by atoms with van der Waals surface area (Å²) in [7, 11) is -4.58. The Labute approximate surface area is 167 Å². The van der Waals surface area contributed by atoms with Crippen molar-refractivity contribution in [3.05, 3.63) is 34.9 Å². The first-order valence-corrected chi connectivity index (χ1v) is 11.2. The van der Waals surface area contributed by atoms with E-state index in [0.29, 0.717) is 6.42 Å². The van der Waals surface area contributed by atoms with E-state index < -0.39 is 31.6 Å². The summed E-state index contributed by atoms with van der Waals surface area (Å²) in [6.07, 6.45) is 9.93. The van der Waals surface area contributed by atoms with Gasteiger partial charge in [0.05, 0.1) is 6.16 Å². The minimum atomic E-state index is -4.58. The number of carboxylic acids is 1. The molecule has 4 N–H and O–H groups in total. The van der Waals surface area contributed by atoms with Crippen LogP contribution in [-0.2, 0) is 14.2 Å². The molecule has 0 aliphatic carbocycles. The molecule has 0 aliphatic rings. The Bertz CT molecular complexity index is 656. The average Bonchev–Trinajstić information content (AvgIpc) is 2.55. The van der Waals surface area contributed by atoms with E-state index in [0.717, 1.165) is 25.7 Å². The van der Waals surface area contributed by atoms with Crippen LogP contribution in [0.2, 0.25) is 0 Å². The number of nitrogens with one attached hydrogen (secondary N) is 1. The molecule has 0 heterocycles. The first kappa shape index (κ1) is 26.3. The molecule has 0 aromatic heterocycles. The SMILES string of the molecule is CC(C)=CCC/C(C)=C/CC/C(C)=C/CCNC(=O)C(CP(=O)(O)O)C(=O)O. The van der Waals surface area contributed by atoms with E-state index in [1.54, 1.807) is 0 Å². The lowest BCUT2D eigenvalue weighted by atomic mass is 10.1. The normalized spacial score (nSPS) is 13.8. The van der Waals surface area contributed by atoms with Gasteiger partial charge in [0.2, 0.25) is 5.91 Å². The Balaban J connectivity index is 4.26. The van der Waals surface area contributed by atoms with Crippen LogP contribution in [0.1, 0.15) is 59.8 Å². The molecule has 0 saturated heterocycles. The van der Waals surface area contributed by atoms with Crippen LogP contribution in [0.15, 0.2) is 34.9 Å². The highest BCUT2D eigenvalue weighted by Crippen LogP contribution is 2.36. The highest BCUT2D eigenvalue weighted by molar-refractivity contribution is 7.51. The Morgan fingerprint density at radius 2 is 1.43 bits per heavy atom. The minimum absolute atomic E-state index is 0.221. The second kappa shape index (κ2) is 13.5. The van der Waals surface area contributed by atoms with Gasteiger partial charge in [0.25, 0.3) is 0 Å². The van der Waals surface area contributed by atoms with Gasteiger partial charge in [-0.2, -0.15) is 0 Å². The van der Waals surface area contributed by atoms with E-state index in [9.17, 15) is 14.2 Å². The zero-order chi connectivity index (χ0) is 21.7. The molecule has 7 nitrogen and oxygen atoms in total. The first-order valence-electron chi connectivity index (χ1n) is 9.42. The van der Waals surface area contributed by atoms with Crippen LogP contribution in [0, 0.1) is 5.92 Å². The maximum Gasteiger partial charge on any atom is 0.326 e. The second-order valence-corrected chi connectivity index (χ2v) is 8.97. The van der Waals surface area contributed by atoms with E-state index >= 15 is 0 Å². The quantitative estimate of drug-likeness (QED) is 0.157. The van der Waals surface area contributed by atoms with Crippen LogP contribution in [0.5, 0.6) is 0 Å². The topological polar surface area (TPSA) is 124 Å². The highest BCUT2D eigenvalue weighted by atomic mass is 31.2. The molecule has 0 saturated carbocycles. The predicted molar refractivity (Wildman–Crippen MR) is 111 cm³/mol. The van der Waals surface area contributed by atoms with Gasteiger partial charge in [-0.3, -0.25) is 14.2 Å². The Hall–Kier alpha value is -1.69. The van der Waals surface area contributed by atoms with E-state index in [1.807, 2.05) is 13.0 Å². The van der Waals surface area contributed by atoms with Crippen molar-refractivity contribution >= 4 is 19.5 Å². The zero-order valence-electron chi connectivity index (χ0n) is 17.3. The Kier molecular flexibility index (Phi) is 12.7. The lowest BCUT2D eigenvalue weighted by Crippen LogP contribution is -2.37. The monoisotopic (exact) mass is 415 g/mol. The maximum absolute atomic E-state index is 11.8. The Morgan fingerprint density at radius 3 is 1.89 bits per heavy atom. The fourth-order valence-corrected chi connectivity index (χ4v) is 3.28. The number of carboxylic acid groups (broad SMARTS) is 1. The van der Waals surface area contributed by atoms with Crippen molar-refractivity contribution in [1.29, 1.82) is 0 Å². The Morgan fingerprint density at radius 1 is 0.929 bits per heavy atom. The van der Waals surface area contributed by atoms with Crippen LogP contribution < -0.4 is 5.32 Å². The molecular formula is C20H34NO6P. The maximum atomic E-state index is 11.8. The predicted octanol–water partition coefficient (Wildman–Crippen LogP) is 3.79. The summed E-state index contributed by atoms with van der Waals surface area (Å²) in [4.78, 5) is 40.6. The van der Waals surface area contributed by atoms with Crippen molar-refractivity contribution in [3.63, 3.8) is 0 Å². The molecule has 0 aliphatic heterocycles. The highest BCUT2D eigenvalue weighted by Gasteiger charge is 2.33.